The number of hydrogen-bond donors (Lipinski definition) is 2. The number of hydrogen-bond acceptors (Lipinski definition) is 4. The van der Waals surface area contributed by atoms with Crippen LogP contribution in [0.1, 0.15) is 12.1 Å². The van der Waals surface area contributed by atoms with Crippen LogP contribution in [0.3, 0.4) is 0 Å². The molecule has 1 atom stereocenters. The van der Waals surface area contributed by atoms with E-state index in [1.165, 1.54) is 18.2 Å². The van der Waals surface area contributed by atoms with Gasteiger partial charge in [-0.3, -0.25) is 14.6 Å². The minimum Gasteiger partial charge on any atom is -0.506 e. The van der Waals surface area contributed by atoms with E-state index in [0.29, 0.717) is 18.1 Å². The standard InChI is InChI=1S/C17H16ClN3O3/c18-12-4-5-15(22)14(8-12)20-17(24)11-7-16(23)21(9-11)10-13-3-1-2-6-19-13/h1-6,8,11,22H,7,9-10H2,(H,20,24)/t11-/m0/s1. The first kappa shape index (κ1) is 16.3. The van der Waals surface area contributed by atoms with Crippen molar-refractivity contribution in [3.8, 4) is 5.75 Å². The maximum absolute atomic E-state index is 12.4. The molecule has 6 nitrogen and oxygen atoms in total. The van der Waals surface area contributed by atoms with Gasteiger partial charge in [-0.2, -0.15) is 0 Å². The topological polar surface area (TPSA) is 82.5 Å². The summed E-state index contributed by atoms with van der Waals surface area (Å²) in [5, 5.41) is 12.8. The van der Waals surface area contributed by atoms with Crippen LogP contribution in [0.5, 0.6) is 5.75 Å². The number of halogens is 1. The number of carbonyl (C=O) groups is 2. The predicted molar refractivity (Wildman–Crippen MR) is 89.5 cm³/mol. The monoisotopic (exact) mass is 345 g/mol. The van der Waals surface area contributed by atoms with Crippen molar-refractivity contribution in [1.82, 2.24) is 9.88 Å². The van der Waals surface area contributed by atoms with Crippen LogP contribution >= 0.6 is 11.6 Å². The molecule has 124 valence electrons. The molecule has 3 rings (SSSR count). The number of aromatic hydroxyl groups is 1. The number of nitrogens with one attached hydrogen (secondary N) is 1. The van der Waals surface area contributed by atoms with Crippen molar-refractivity contribution in [2.45, 2.75) is 13.0 Å². The molecule has 0 bridgehead atoms. The lowest BCUT2D eigenvalue weighted by Gasteiger charge is -2.16. The van der Waals surface area contributed by atoms with E-state index in [0.717, 1.165) is 5.69 Å². The molecular weight excluding hydrogens is 330 g/mol. The van der Waals surface area contributed by atoms with Gasteiger partial charge >= 0.3 is 0 Å². The Hall–Kier alpha value is -2.60. The van der Waals surface area contributed by atoms with Crippen molar-refractivity contribution >= 4 is 29.1 Å². The average Bonchev–Trinajstić information content (AvgIpc) is 2.93. The van der Waals surface area contributed by atoms with Gasteiger partial charge in [0.05, 0.1) is 23.8 Å². The first-order valence-corrected chi connectivity index (χ1v) is 7.88. The third-order valence-electron chi connectivity index (χ3n) is 3.88. The van der Waals surface area contributed by atoms with Crippen molar-refractivity contribution in [2.24, 2.45) is 5.92 Å². The number of likely N-dealkylation sites (tertiary alicyclic amines) is 1. The third-order valence-corrected chi connectivity index (χ3v) is 4.12. The molecule has 1 aromatic heterocycles. The Morgan fingerprint density at radius 1 is 1.38 bits per heavy atom. The molecule has 2 amide bonds. The molecule has 2 N–H and O–H groups in total. The van der Waals surface area contributed by atoms with E-state index in [1.807, 2.05) is 18.2 Å². The Bertz CT molecular complexity index is 767. The Morgan fingerprint density at radius 3 is 2.96 bits per heavy atom. The van der Waals surface area contributed by atoms with Crippen molar-refractivity contribution in [3.05, 3.63) is 53.3 Å². The summed E-state index contributed by atoms with van der Waals surface area (Å²) in [5.41, 5.74) is 1.02. The van der Waals surface area contributed by atoms with Crippen molar-refractivity contribution in [2.75, 3.05) is 11.9 Å². The van der Waals surface area contributed by atoms with Crippen LogP contribution in [0.15, 0.2) is 42.6 Å². The fourth-order valence-electron chi connectivity index (χ4n) is 2.63. The first-order valence-electron chi connectivity index (χ1n) is 7.50. The summed E-state index contributed by atoms with van der Waals surface area (Å²) in [5.74, 6) is -0.942. The van der Waals surface area contributed by atoms with Crippen LogP contribution in [0.25, 0.3) is 0 Å². The van der Waals surface area contributed by atoms with Crippen molar-refractivity contribution in [1.29, 1.82) is 0 Å². The highest BCUT2D eigenvalue weighted by Crippen LogP contribution is 2.28. The van der Waals surface area contributed by atoms with Gasteiger partial charge in [0.15, 0.2) is 0 Å². The highest BCUT2D eigenvalue weighted by Gasteiger charge is 2.34. The van der Waals surface area contributed by atoms with Gasteiger partial charge in [0, 0.05) is 24.2 Å². The first-order chi connectivity index (χ1) is 11.5. The zero-order chi connectivity index (χ0) is 17.1. The second kappa shape index (κ2) is 6.88. The maximum Gasteiger partial charge on any atom is 0.229 e. The molecule has 1 aliphatic rings. The summed E-state index contributed by atoms with van der Waals surface area (Å²) in [6, 6.07) is 9.91. The van der Waals surface area contributed by atoms with E-state index in [1.54, 1.807) is 11.1 Å². The van der Waals surface area contributed by atoms with E-state index in [2.05, 4.69) is 10.3 Å². The molecule has 0 aliphatic carbocycles. The van der Waals surface area contributed by atoms with Gasteiger partial charge in [-0.15, -0.1) is 0 Å². The number of benzene rings is 1. The largest absolute Gasteiger partial charge is 0.506 e. The highest BCUT2D eigenvalue weighted by molar-refractivity contribution is 6.31. The number of anilines is 1. The van der Waals surface area contributed by atoms with Crippen LogP contribution in [0.2, 0.25) is 5.02 Å². The molecule has 2 aromatic rings. The van der Waals surface area contributed by atoms with Crippen LogP contribution in [-0.4, -0.2) is 33.3 Å². The highest BCUT2D eigenvalue weighted by atomic mass is 35.5. The molecule has 24 heavy (non-hydrogen) atoms. The fourth-order valence-corrected chi connectivity index (χ4v) is 2.80. The summed E-state index contributed by atoms with van der Waals surface area (Å²) >= 11 is 5.86. The van der Waals surface area contributed by atoms with Crippen molar-refractivity contribution in [3.63, 3.8) is 0 Å². The fraction of sp³-hybridized carbons (Fsp3) is 0.235. The maximum atomic E-state index is 12.4. The zero-order valence-corrected chi connectivity index (χ0v) is 13.5. The van der Waals surface area contributed by atoms with E-state index in [9.17, 15) is 14.7 Å². The molecule has 2 heterocycles. The minimum absolute atomic E-state index is 0.0672. The lowest BCUT2D eigenvalue weighted by Crippen LogP contribution is -2.28. The number of pyridine rings is 1. The molecule has 0 spiro atoms. The van der Waals surface area contributed by atoms with Gasteiger partial charge in [-0.1, -0.05) is 17.7 Å². The number of carbonyl (C=O) groups excluding carboxylic acids is 2. The smallest absolute Gasteiger partial charge is 0.229 e. The summed E-state index contributed by atoms with van der Waals surface area (Å²) < 4.78 is 0. The molecule has 0 radical (unpaired) electrons. The van der Waals surface area contributed by atoms with Crippen LogP contribution in [0, 0.1) is 5.92 Å². The number of phenolic OH excluding ortho intramolecular Hbond substituents is 1. The molecular formula is C17H16ClN3O3. The summed E-state index contributed by atoms with van der Waals surface area (Å²) in [7, 11) is 0. The number of rotatable bonds is 4. The Balaban J connectivity index is 1.64. The van der Waals surface area contributed by atoms with Gasteiger partial charge in [-0.25, -0.2) is 0 Å². The Labute approximate surface area is 144 Å². The van der Waals surface area contributed by atoms with Crippen LogP contribution in [0.4, 0.5) is 5.69 Å². The van der Waals surface area contributed by atoms with Gasteiger partial charge < -0.3 is 15.3 Å². The summed E-state index contributed by atoms with van der Waals surface area (Å²) in [4.78, 5) is 30.3. The predicted octanol–water partition coefficient (Wildman–Crippen LogP) is 2.43. The SMILES string of the molecule is O=C(Nc1cc(Cl)ccc1O)[C@H]1CC(=O)N(Cc2ccccn2)C1. The van der Waals surface area contributed by atoms with Crippen molar-refractivity contribution < 1.29 is 14.7 Å². The number of nitrogens with zero attached hydrogens (tertiary/aromatic N) is 2. The van der Waals surface area contributed by atoms with Crippen LogP contribution < -0.4 is 5.32 Å². The molecule has 1 aromatic carbocycles. The average molecular weight is 346 g/mol. The number of phenols is 1. The molecule has 1 aliphatic heterocycles. The van der Waals surface area contributed by atoms with Crippen LogP contribution in [-0.2, 0) is 16.1 Å². The Morgan fingerprint density at radius 2 is 2.21 bits per heavy atom. The quantitative estimate of drug-likeness (QED) is 0.834. The third kappa shape index (κ3) is 3.65. The van der Waals surface area contributed by atoms with E-state index in [-0.39, 0.29) is 29.7 Å². The molecule has 1 saturated heterocycles. The normalized spacial score (nSPS) is 17.1. The zero-order valence-electron chi connectivity index (χ0n) is 12.8. The second-order valence-corrected chi connectivity index (χ2v) is 6.08. The lowest BCUT2D eigenvalue weighted by atomic mass is 10.1. The molecule has 0 unspecified atom stereocenters. The number of amides is 2. The molecule has 7 heteroatoms. The van der Waals surface area contributed by atoms with E-state index >= 15 is 0 Å². The van der Waals surface area contributed by atoms with Gasteiger partial charge in [0.2, 0.25) is 11.8 Å². The lowest BCUT2D eigenvalue weighted by molar-refractivity contribution is -0.128. The molecule has 1 fully saturated rings. The second-order valence-electron chi connectivity index (χ2n) is 5.65. The molecule has 0 saturated carbocycles. The van der Waals surface area contributed by atoms with E-state index in [4.69, 9.17) is 11.6 Å². The summed E-state index contributed by atoms with van der Waals surface area (Å²) in [6.07, 6.45) is 1.81. The Kier molecular flexibility index (Phi) is 4.66. The van der Waals surface area contributed by atoms with E-state index < -0.39 is 5.92 Å². The van der Waals surface area contributed by atoms with Gasteiger partial charge in [-0.05, 0) is 30.3 Å². The number of aromatic nitrogens is 1. The minimum atomic E-state index is -0.473. The summed E-state index contributed by atoms with van der Waals surface area (Å²) in [6.45, 7) is 0.703. The van der Waals surface area contributed by atoms with Gasteiger partial charge in [0.25, 0.3) is 0 Å². The van der Waals surface area contributed by atoms with Gasteiger partial charge in [0.1, 0.15) is 5.75 Å².